The van der Waals surface area contributed by atoms with Gasteiger partial charge in [-0.1, -0.05) is 38.1 Å². The summed E-state index contributed by atoms with van der Waals surface area (Å²) in [6.07, 6.45) is 9.50. The summed E-state index contributed by atoms with van der Waals surface area (Å²) in [5.74, 6) is -1.09. The molecule has 4 nitrogen and oxygen atoms in total. The van der Waals surface area contributed by atoms with Crippen LogP contribution in [0.1, 0.15) is 65.9 Å². The van der Waals surface area contributed by atoms with E-state index in [-0.39, 0.29) is 0 Å². The van der Waals surface area contributed by atoms with Crippen LogP contribution < -0.4 is 5.32 Å². The molecule has 1 aliphatic carbocycles. The SMILES string of the molecule is C=C(c1ccc(NC(/C=N/C=C(\C)C2=C(F)C(F)=C(C)CC2)=N/C=C\C)cc1Cl)N(CCC)CCC. The summed E-state index contributed by atoms with van der Waals surface area (Å²) >= 11 is 6.62. The van der Waals surface area contributed by atoms with Crippen LogP contribution >= 0.6 is 11.6 Å². The molecule has 36 heavy (non-hydrogen) atoms. The average Bonchev–Trinajstić information content (AvgIpc) is 2.85. The molecule has 1 aliphatic rings. The molecule has 0 amide bonds. The van der Waals surface area contributed by atoms with E-state index in [1.54, 1.807) is 26.1 Å². The Morgan fingerprint density at radius 1 is 1.17 bits per heavy atom. The molecule has 0 atom stereocenters. The number of hydrogen-bond acceptors (Lipinski definition) is 3. The van der Waals surface area contributed by atoms with Crippen LogP contribution in [-0.2, 0) is 0 Å². The lowest BCUT2D eigenvalue weighted by Crippen LogP contribution is -2.23. The van der Waals surface area contributed by atoms with Crippen LogP contribution in [0.2, 0.25) is 5.02 Å². The van der Waals surface area contributed by atoms with E-state index < -0.39 is 11.7 Å². The number of anilines is 1. The second kappa shape index (κ2) is 14.5. The molecular formula is C29H37ClF2N4. The van der Waals surface area contributed by atoms with Gasteiger partial charge in [0.2, 0.25) is 0 Å². The monoisotopic (exact) mass is 514 g/mol. The molecule has 0 spiro atoms. The summed E-state index contributed by atoms with van der Waals surface area (Å²) in [6.45, 7) is 15.6. The second-order valence-electron chi connectivity index (χ2n) is 8.73. The molecule has 2 rings (SSSR count). The van der Waals surface area contributed by atoms with Crippen molar-refractivity contribution in [3.63, 3.8) is 0 Å². The van der Waals surface area contributed by atoms with Crippen LogP contribution in [0.25, 0.3) is 5.70 Å². The first-order chi connectivity index (χ1) is 17.2. The molecule has 0 saturated carbocycles. The molecule has 1 aromatic carbocycles. The molecule has 0 unspecified atom stereocenters. The Balaban J connectivity index is 2.22. The van der Waals surface area contributed by atoms with Crippen molar-refractivity contribution in [2.24, 2.45) is 9.98 Å². The molecule has 0 bridgehead atoms. The van der Waals surface area contributed by atoms with Gasteiger partial charge in [-0.15, -0.1) is 0 Å². The standard InChI is InChI=1S/C29H37ClF2N4/c1-7-14-34-27(19-33-18-21(5)24-12-10-20(4)28(31)29(24)32)35-23-11-13-25(26(30)17-23)22(6)36(15-8-2)16-9-3/h7,11,13-14,17-19H,6,8-10,12,15-16H2,1-5H3,(H,34,35)/b14-7-,21-18+,33-19+. The van der Waals surface area contributed by atoms with Crippen molar-refractivity contribution in [3.8, 4) is 0 Å². The topological polar surface area (TPSA) is 40.0 Å². The summed E-state index contributed by atoms with van der Waals surface area (Å²) in [5.41, 5.74) is 3.90. The second-order valence-corrected chi connectivity index (χ2v) is 9.13. The summed E-state index contributed by atoms with van der Waals surface area (Å²) in [5, 5.41) is 3.80. The maximum Gasteiger partial charge on any atom is 0.162 e. The van der Waals surface area contributed by atoms with E-state index in [4.69, 9.17) is 11.6 Å². The minimum Gasteiger partial charge on any atom is -0.372 e. The van der Waals surface area contributed by atoms with Crippen LogP contribution in [0.15, 0.2) is 81.6 Å². The summed E-state index contributed by atoms with van der Waals surface area (Å²) in [7, 11) is 0. The highest BCUT2D eigenvalue weighted by atomic mass is 35.5. The number of aliphatic imine (C=N–C) groups is 2. The zero-order valence-corrected chi connectivity index (χ0v) is 22.7. The quantitative estimate of drug-likeness (QED) is 0.236. The van der Waals surface area contributed by atoms with Crippen molar-refractivity contribution >= 4 is 35.0 Å². The molecule has 0 radical (unpaired) electrons. The maximum absolute atomic E-state index is 14.3. The van der Waals surface area contributed by atoms with Gasteiger partial charge in [-0.2, -0.15) is 0 Å². The first kappa shape index (κ1) is 29.2. The van der Waals surface area contributed by atoms with Gasteiger partial charge in [0.25, 0.3) is 0 Å². The van der Waals surface area contributed by atoms with Gasteiger partial charge in [0.15, 0.2) is 11.7 Å². The smallest absolute Gasteiger partial charge is 0.162 e. The number of halogens is 3. The van der Waals surface area contributed by atoms with E-state index in [2.05, 4.69) is 40.6 Å². The number of nitrogens with one attached hydrogen (secondary N) is 1. The van der Waals surface area contributed by atoms with Crippen LogP contribution in [0, 0.1) is 0 Å². The van der Waals surface area contributed by atoms with Crippen molar-refractivity contribution in [2.75, 3.05) is 18.4 Å². The Hall–Kier alpha value is -2.99. The Morgan fingerprint density at radius 3 is 2.47 bits per heavy atom. The zero-order valence-electron chi connectivity index (χ0n) is 22.0. The average molecular weight is 515 g/mol. The van der Waals surface area contributed by atoms with Gasteiger partial charge in [-0.3, -0.25) is 4.99 Å². The van der Waals surface area contributed by atoms with Gasteiger partial charge in [-0.25, -0.2) is 13.8 Å². The van der Waals surface area contributed by atoms with Gasteiger partial charge >= 0.3 is 0 Å². The number of benzene rings is 1. The van der Waals surface area contributed by atoms with Gasteiger partial charge in [-0.05, 0) is 81.4 Å². The Bertz CT molecular complexity index is 1120. The first-order valence-corrected chi connectivity index (χ1v) is 12.8. The molecule has 0 saturated heterocycles. The van der Waals surface area contributed by atoms with Crippen molar-refractivity contribution in [3.05, 3.63) is 82.2 Å². The van der Waals surface area contributed by atoms with E-state index in [0.29, 0.717) is 40.4 Å². The minimum atomic E-state index is -0.795. The van der Waals surface area contributed by atoms with E-state index in [1.165, 1.54) is 12.4 Å². The maximum atomic E-state index is 14.3. The Labute approximate surface area is 219 Å². The third-order valence-corrected chi connectivity index (χ3v) is 6.12. The van der Waals surface area contributed by atoms with Crippen LogP contribution in [0.4, 0.5) is 14.5 Å². The fraction of sp³-hybridized carbons (Fsp3) is 0.379. The van der Waals surface area contributed by atoms with Crippen LogP contribution in [-0.4, -0.2) is 30.0 Å². The van der Waals surface area contributed by atoms with Gasteiger partial charge in [0, 0.05) is 42.4 Å². The predicted molar refractivity (Wildman–Crippen MR) is 152 cm³/mol. The minimum absolute atomic E-state index is 0.345. The number of rotatable bonds is 11. The summed E-state index contributed by atoms with van der Waals surface area (Å²) < 4.78 is 28.3. The highest BCUT2D eigenvalue weighted by Crippen LogP contribution is 2.35. The lowest BCUT2D eigenvalue weighted by Gasteiger charge is -2.26. The fourth-order valence-electron chi connectivity index (χ4n) is 3.84. The molecule has 1 N–H and O–H groups in total. The third kappa shape index (κ3) is 8.02. The van der Waals surface area contributed by atoms with Gasteiger partial charge in [0.05, 0.1) is 11.2 Å². The summed E-state index contributed by atoms with van der Waals surface area (Å²) in [4.78, 5) is 10.9. The number of amidine groups is 1. The number of allylic oxidation sites excluding steroid dienone is 6. The zero-order chi connectivity index (χ0) is 26.7. The number of nitrogens with zero attached hydrogens (tertiary/aromatic N) is 3. The summed E-state index contributed by atoms with van der Waals surface area (Å²) in [6, 6.07) is 5.70. The lowest BCUT2D eigenvalue weighted by molar-refractivity contribution is 0.397. The predicted octanol–water partition coefficient (Wildman–Crippen LogP) is 9.01. The molecule has 1 aromatic rings. The van der Waals surface area contributed by atoms with Crippen molar-refractivity contribution in [2.45, 2.75) is 60.3 Å². The molecule has 0 aliphatic heterocycles. The molecule has 0 aromatic heterocycles. The van der Waals surface area contributed by atoms with E-state index in [9.17, 15) is 8.78 Å². The Kier molecular flexibility index (Phi) is 11.8. The highest BCUT2D eigenvalue weighted by Gasteiger charge is 2.20. The van der Waals surface area contributed by atoms with Crippen molar-refractivity contribution in [1.29, 1.82) is 0 Å². The van der Waals surface area contributed by atoms with Crippen LogP contribution in [0.5, 0.6) is 0 Å². The Morgan fingerprint density at radius 2 is 1.86 bits per heavy atom. The highest BCUT2D eigenvalue weighted by molar-refractivity contribution is 6.36. The van der Waals surface area contributed by atoms with E-state index in [1.807, 2.05) is 25.1 Å². The van der Waals surface area contributed by atoms with Crippen molar-refractivity contribution in [1.82, 2.24) is 4.90 Å². The normalized spacial score (nSPS) is 15.4. The van der Waals surface area contributed by atoms with E-state index in [0.717, 1.165) is 42.9 Å². The third-order valence-electron chi connectivity index (χ3n) is 5.81. The number of hydrogen-bond donors (Lipinski definition) is 1. The van der Waals surface area contributed by atoms with E-state index >= 15 is 0 Å². The molecular weight excluding hydrogens is 478 g/mol. The first-order valence-electron chi connectivity index (χ1n) is 12.4. The molecule has 0 fully saturated rings. The fourth-order valence-corrected chi connectivity index (χ4v) is 4.13. The molecule has 0 heterocycles. The van der Waals surface area contributed by atoms with Gasteiger partial charge < -0.3 is 10.2 Å². The molecule has 194 valence electrons. The van der Waals surface area contributed by atoms with Gasteiger partial charge in [0.1, 0.15) is 5.84 Å². The lowest BCUT2D eigenvalue weighted by atomic mass is 9.93. The molecule has 7 heteroatoms. The van der Waals surface area contributed by atoms with Crippen molar-refractivity contribution < 1.29 is 8.78 Å². The van der Waals surface area contributed by atoms with Crippen LogP contribution in [0.3, 0.4) is 0 Å². The largest absolute Gasteiger partial charge is 0.372 e.